The van der Waals surface area contributed by atoms with E-state index < -0.39 is 0 Å². The van der Waals surface area contributed by atoms with Gasteiger partial charge in [-0.1, -0.05) is 20.3 Å². The third-order valence-corrected chi connectivity index (χ3v) is 3.80. The van der Waals surface area contributed by atoms with Crippen molar-refractivity contribution in [3.8, 4) is 0 Å². The van der Waals surface area contributed by atoms with Crippen molar-refractivity contribution in [2.45, 2.75) is 39.7 Å². The lowest BCUT2D eigenvalue weighted by atomic mass is 10.0. The van der Waals surface area contributed by atoms with Crippen molar-refractivity contribution in [3.63, 3.8) is 0 Å². The van der Waals surface area contributed by atoms with E-state index in [9.17, 15) is 0 Å². The van der Waals surface area contributed by atoms with Crippen LogP contribution in [0.3, 0.4) is 0 Å². The molecule has 0 bridgehead atoms. The zero-order chi connectivity index (χ0) is 12.0. The van der Waals surface area contributed by atoms with Crippen LogP contribution in [0.1, 0.15) is 33.6 Å². The first-order valence-electron chi connectivity index (χ1n) is 6.87. The predicted octanol–water partition coefficient (Wildman–Crippen LogP) is 1.39. The highest BCUT2D eigenvalue weighted by Gasteiger charge is 2.23. The van der Waals surface area contributed by atoms with Gasteiger partial charge in [-0.15, -0.1) is 0 Å². The number of hydrogen-bond donors (Lipinski definition) is 1. The first-order valence-corrected chi connectivity index (χ1v) is 6.87. The summed E-state index contributed by atoms with van der Waals surface area (Å²) in [7, 11) is 0. The van der Waals surface area contributed by atoms with Crippen molar-refractivity contribution in [1.29, 1.82) is 0 Å². The second-order valence-corrected chi connectivity index (χ2v) is 5.13. The summed E-state index contributed by atoms with van der Waals surface area (Å²) in [6.07, 6.45) is 2.53. The summed E-state index contributed by atoms with van der Waals surface area (Å²) in [6.45, 7) is 13.7. The van der Waals surface area contributed by atoms with Crippen LogP contribution in [-0.2, 0) is 0 Å². The molecular weight excluding hydrogens is 198 g/mol. The Morgan fingerprint density at radius 3 is 2.56 bits per heavy atom. The molecule has 2 atom stereocenters. The molecule has 1 saturated heterocycles. The van der Waals surface area contributed by atoms with Gasteiger partial charge in [0.05, 0.1) is 0 Å². The largest absolute Gasteiger partial charge is 0.330 e. The Morgan fingerprint density at radius 2 is 2.06 bits per heavy atom. The molecule has 0 amide bonds. The molecule has 2 unspecified atom stereocenters. The Balaban J connectivity index is 2.33. The zero-order valence-electron chi connectivity index (χ0n) is 11.3. The lowest BCUT2D eigenvalue weighted by Crippen LogP contribution is -2.52. The van der Waals surface area contributed by atoms with E-state index in [4.69, 9.17) is 5.73 Å². The molecule has 1 fully saturated rings. The molecule has 0 aromatic heterocycles. The predicted molar refractivity (Wildman–Crippen MR) is 70.6 cm³/mol. The van der Waals surface area contributed by atoms with E-state index in [1.165, 1.54) is 45.6 Å². The minimum atomic E-state index is 0.699. The van der Waals surface area contributed by atoms with Gasteiger partial charge >= 0.3 is 0 Å². The van der Waals surface area contributed by atoms with Gasteiger partial charge < -0.3 is 10.6 Å². The molecule has 0 aromatic carbocycles. The van der Waals surface area contributed by atoms with Gasteiger partial charge in [-0.3, -0.25) is 4.90 Å². The number of piperazine rings is 1. The molecule has 3 heteroatoms. The van der Waals surface area contributed by atoms with Gasteiger partial charge in [0.15, 0.2) is 0 Å². The highest BCUT2D eigenvalue weighted by atomic mass is 15.3. The van der Waals surface area contributed by atoms with Crippen molar-refractivity contribution >= 4 is 0 Å². The topological polar surface area (TPSA) is 32.5 Å². The summed E-state index contributed by atoms with van der Waals surface area (Å²) < 4.78 is 0. The van der Waals surface area contributed by atoms with Gasteiger partial charge in [0.2, 0.25) is 0 Å². The molecule has 1 heterocycles. The molecule has 0 aliphatic carbocycles. The second kappa shape index (κ2) is 7.25. The van der Waals surface area contributed by atoms with Crippen molar-refractivity contribution in [3.05, 3.63) is 0 Å². The first kappa shape index (κ1) is 13.9. The molecule has 96 valence electrons. The van der Waals surface area contributed by atoms with E-state index in [1.807, 2.05) is 0 Å². The molecule has 0 spiro atoms. The quantitative estimate of drug-likeness (QED) is 0.744. The van der Waals surface area contributed by atoms with Crippen LogP contribution < -0.4 is 5.73 Å². The molecule has 2 N–H and O–H groups in total. The molecule has 0 saturated carbocycles. The Morgan fingerprint density at radius 1 is 1.31 bits per heavy atom. The molecule has 1 aliphatic rings. The fraction of sp³-hybridized carbons (Fsp3) is 1.00. The minimum Gasteiger partial charge on any atom is -0.330 e. The maximum absolute atomic E-state index is 5.83. The fourth-order valence-electron chi connectivity index (χ4n) is 2.76. The average Bonchev–Trinajstić information content (AvgIpc) is 2.28. The average molecular weight is 227 g/mol. The van der Waals surface area contributed by atoms with Crippen LogP contribution in [0.25, 0.3) is 0 Å². The van der Waals surface area contributed by atoms with E-state index >= 15 is 0 Å². The number of nitrogens with two attached hydrogens (primary N) is 1. The Bertz CT molecular complexity index is 184. The summed E-state index contributed by atoms with van der Waals surface area (Å²) >= 11 is 0. The molecule has 3 nitrogen and oxygen atoms in total. The van der Waals surface area contributed by atoms with Crippen molar-refractivity contribution in [2.24, 2.45) is 11.7 Å². The number of rotatable bonds is 6. The number of hydrogen-bond acceptors (Lipinski definition) is 3. The summed E-state index contributed by atoms with van der Waals surface area (Å²) in [5, 5.41) is 0. The molecule has 0 aromatic rings. The van der Waals surface area contributed by atoms with Gasteiger partial charge in [0, 0.05) is 32.2 Å². The van der Waals surface area contributed by atoms with E-state index in [0.29, 0.717) is 12.0 Å². The van der Waals surface area contributed by atoms with Crippen LogP contribution in [-0.4, -0.2) is 55.1 Å². The van der Waals surface area contributed by atoms with E-state index in [-0.39, 0.29) is 0 Å². The lowest BCUT2D eigenvalue weighted by Gasteiger charge is -2.40. The lowest BCUT2D eigenvalue weighted by molar-refractivity contribution is 0.0768. The summed E-state index contributed by atoms with van der Waals surface area (Å²) in [4.78, 5) is 5.16. The minimum absolute atomic E-state index is 0.699. The van der Waals surface area contributed by atoms with Crippen molar-refractivity contribution < 1.29 is 0 Å². The third kappa shape index (κ3) is 4.04. The molecule has 0 radical (unpaired) electrons. The number of likely N-dealkylation sites (N-methyl/N-ethyl adjacent to an activating group) is 1. The Hall–Kier alpha value is -0.120. The van der Waals surface area contributed by atoms with Crippen molar-refractivity contribution in [1.82, 2.24) is 9.80 Å². The summed E-state index contributed by atoms with van der Waals surface area (Å²) in [5.41, 5.74) is 5.83. The van der Waals surface area contributed by atoms with Crippen molar-refractivity contribution in [2.75, 3.05) is 39.3 Å². The van der Waals surface area contributed by atoms with E-state index in [0.717, 1.165) is 6.54 Å². The summed E-state index contributed by atoms with van der Waals surface area (Å²) in [6, 6.07) is 0.707. The fourth-order valence-corrected chi connectivity index (χ4v) is 2.76. The highest BCUT2D eigenvalue weighted by molar-refractivity contribution is 4.79. The highest BCUT2D eigenvalue weighted by Crippen LogP contribution is 2.13. The van der Waals surface area contributed by atoms with Crippen LogP contribution in [0.4, 0.5) is 0 Å². The van der Waals surface area contributed by atoms with E-state index in [2.05, 4.69) is 30.6 Å². The van der Waals surface area contributed by atoms with Gasteiger partial charge in [-0.25, -0.2) is 0 Å². The van der Waals surface area contributed by atoms with Gasteiger partial charge in [0.25, 0.3) is 0 Å². The van der Waals surface area contributed by atoms with Gasteiger partial charge in [-0.2, -0.15) is 0 Å². The Labute approximate surface area is 101 Å². The third-order valence-electron chi connectivity index (χ3n) is 3.80. The van der Waals surface area contributed by atoms with Crippen LogP contribution in [0, 0.1) is 5.92 Å². The van der Waals surface area contributed by atoms with Gasteiger partial charge in [-0.05, 0) is 32.4 Å². The smallest absolute Gasteiger partial charge is 0.0195 e. The molecule has 1 aliphatic heterocycles. The molecular formula is C13H29N3. The number of nitrogens with zero attached hydrogens (tertiary/aromatic N) is 2. The summed E-state index contributed by atoms with van der Waals surface area (Å²) in [5.74, 6) is 0.699. The van der Waals surface area contributed by atoms with Crippen LogP contribution in [0.15, 0.2) is 0 Å². The Kier molecular flexibility index (Phi) is 6.32. The molecule has 16 heavy (non-hydrogen) atoms. The normalized spacial score (nSPS) is 25.9. The molecule has 1 rings (SSSR count). The maximum Gasteiger partial charge on any atom is 0.0195 e. The zero-order valence-corrected chi connectivity index (χ0v) is 11.3. The van der Waals surface area contributed by atoms with E-state index in [1.54, 1.807) is 0 Å². The maximum atomic E-state index is 5.83. The first-order chi connectivity index (χ1) is 7.71. The van der Waals surface area contributed by atoms with Crippen LogP contribution in [0.5, 0.6) is 0 Å². The monoisotopic (exact) mass is 227 g/mol. The van der Waals surface area contributed by atoms with Crippen LogP contribution in [0.2, 0.25) is 0 Å². The van der Waals surface area contributed by atoms with Crippen LogP contribution >= 0.6 is 0 Å². The van der Waals surface area contributed by atoms with Gasteiger partial charge in [0.1, 0.15) is 0 Å². The SMILES string of the molecule is CCCC(CN)CN1CCN(CC)C(C)C1. The second-order valence-electron chi connectivity index (χ2n) is 5.13. The standard InChI is InChI=1S/C13H29N3/c1-4-6-13(9-14)11-15-7-8-16(5-2)12(3)10-15/h12-13H,4-11,14H2,1-3H3.